The molecule has 2 aliphatic rings. The van der Waals surface area contributed by atoms with E-state index in [9.17, 15) is 14.7 Å². The summed E-state index contributed by atoms with van der Waals surface area (Å²) in [6.45, 7) is 0.763. The number of aryl methyl sites for hydroxylation is 2. The van der Waals surface area contributed by atoms with E-state index in [0.29, 0.717) is 18.8 Å². The quantitative estimate of drug-likeness (QED) is 0.404. The largest absolute Gasteiger partial charge is 0.490 e. The topological polar surface area (TPSA) is 83.0 Å². The van der Waals surface area contributed by atoms with Crippen LogP contribution in [0.2, 0.25) is 0 Å². The van der Waals surface area contributed by atoms with Gasteiger partial charge in [0, 0.05) is 24.7 Å². The number of ether oxygens (including phenoxy) is 1. The molecule has 1 aliphatic carbocycles. The molecule has 1 N–H and O–H groups in total. The van der Waals surface area contributed by atoms with Crippen molar-refractivity contribution in [1.82, 2.24) is 14.8 Å². The van der Waals surface area contributed by atoms with Crippen molar-refractivity contribution in [1.29, 1.82) is 0 Å². The number of aliphatic hydroxyl groups excluding tert-OH is 1. The van der Waals surface area contributed by atoms with Crippen LogP contribution in [-0.4, -0.2) is 64.0 Å². The first kappa shape index (κ1) is 24.1. The minimum atomic E-state index is -0.940. The van der Waals surface area contributed by atoms with Gasteiger partial charge < -0.3 is 19.6 Å². The Kier molecular flexibility index (Phi) is 6.52. The van der Waals surface area contributed by atoms with Gasteiger partial charge in [-0.05, 0) is 59.4 Å². The van der Waals surface area contributed by atoms with E-state index in [1.807, 2.05) is 54.6 Å². The number of amides is 2. The Labute approximate surface area is 221 Å². The zero-order valence-electron chi connectivity index (χ0n) is 21.0. The Morgan fingerprint density at radius 1 is 0.842 bits per heavy atom. The van der Waals surface area contributed by atoms with Crippen LogP contribution in [0.15, 0.2) is 85.1 Å². The number of benzene rings is 3. The first-order chi connectivity index (χ1) is 18.6. The van der Waals surface area contributed by atoms with Crippen LogP contribution < -0.4 is 4.74 Å². The molecule has 6 rings (SSSR count). The van der Waals surface area contributed by atoms with E-state index in [0.717, 1.165) is 34.9 Å². The number of hydrogen-bond donors (Lipinski definition) is 1. The van der Waals surface area contributed by atoms with Gasteiger partial charge in [0.25, 0.3) is 0 Å². The van der Waals surface area contributed by atoms with Crippen molar-refractivity contribution in [2.24, 2.45) is 0 Å². The molecule has 192 valence electrons. The lowest BCUT2D eigenvalue weighted by molar-refractivity contribution is -0.158. The predicted octanol–water partition coefficient (Wildman–Crippen LogP) is 3.53. The number of aliphatic hydroxyl groups is 1. The van der Waals surface area contributed by atoms with E-state index >= 15 is 0 Å². The molecular weight excluding hydrogens is 478 g/mol. The van der Waals surface area contributed by atoms with Gasteiger partial charge in [-0.2, -0.15) is 0 Å². The van der Waals surface area contributed by atoms with Crippen LogP contribution in [0, 0.1) is 0 Å². The summed E-state index contributed by atoms with van der Waals surface area (Å²) in [4.78, 5) is 34.2. The van der Waals surface area contributed by atoms with E-state index in [-0.39, 0.29) is 19.2 Å². The van der Waals surface area contributed by atoms with Gasteiger partial charge in [-0.25, -0.2) is 0 Å². The van der Waals surface area contributed by atoms with Crippen LogP contribution in [0.1, 0.15) is 28.3 Å². The molecule has 0 spiro atoms. The molecule has 2 heterocycles. The zero-order valence-corrected chi connectivity index (χ0v) is 21.0. The molecule has 1 unspecified atom stereocenters. The molecule has 1 saturated heterocycles. The maximum atomic E-state index is 13.5. The molecule has 7 heteroatoms. The number of carbonyl (C=O) groups is 2. The van der Waals surface area contributed by atoms with Gasteiger partial charge >= 0.3 is 11.8 Å². The van der Waals surface area contributed by atoms with E-state index in [4.69, 9.17) is 4.74 Å². The molecule has 1 aromatic heterocycles. The average molecular weight is 508 g/mol. The van der Waals surface area contributed by atoms with Crippen molar-refractivity contribution < 1.29 is 19.4 Å². The van der Waals surface area contributed by atoms with Crippen LogP contribution >= 0.6 is 0 Å². The summed E-state index contributed by atoms with van der Waals surface area (Å²) in [6, 6.07) is 25.4. The van der Waals surface area contributed by atoms with Gasteiger partial charge in [0.1, 0.15) is 18.5 Å². The maximum Gasteiger partial charge on any atom is 0.312 e. The lowest BCUT2D eigenvalue weighted by Crippen LogP contribution is -2.57. The molecule has 38 heavy (non-hydrogen) atoms. The Morgan fingerprint density at radius 2 is 1.55 bits per heavy atom. The number of hydrogen-bond acceptors (Lipinski definition) is 5. The fourth-order valence-electron chi connectivity index (χ4n) is 5.63. The highest BCUT2D eigenvalue weighted by Gasteiger charge is 2.40. The first-order valence-electron chi connectivity index (χ1n) is 13.0. The third-order valence-corrected chi connectivity index (χ3v) is 7.48. The molecule has 1 aliphatic heterocycles. The van der Waals surface area contributed by atoms with Crippen molar-refractivity contribution in [3.8, 4) is 5.75 Å². The number of aromatic nitrogens is 1. The van der Waals surface area contributed by atoms with Crippen LogP contribution in [-0.2, 0) is 22.4 Å². The predicted molar refractivity (Wildman–Crippen MR) is 144 cm³/mol. The molecule has 3 aromatic carbocycles. The van der Waals surface area contributed by atoms with E-state index in [2.05, 4.69) is 29.2 Å². The van der Waals surface area contributed by atoms with Crippen molar-refractivity contribution >= 4 is 22.7 Å². The lowest BCUT2D eigenvalue weighted by Gasteiger charge is -2.39. The standard InChI is InChI=1S/C31H29N3O4/c35-23(20-38-28-13-5-12-27-26(28)11-6-16-32-27)19-33-17-18-34(31(37)30(33)36)29-24-9-3-1-7-21(24)14-15-22-8-2-4-10-25(22)29/h1-13,16,23,29,35H,14-15,17-20H2. The second kappa shape index (κ2) is 10.3. The molecule has 4 aromatic rings. The summed E-state index contributed by atoms with van der Waals surface area (Å²) >= 11 is 0. The van der Waals surface area contributed by atoms with Crippen LogP contribution in [0.25, 0.3) is 10.9 Å². The summed E-state index contributed by atoms with van der Waals surface area (Å²) < 4.78 is 5.87. The molecule has 1 fully saturated rings. The van der Waals surface area contributed by atoms with E-state index in [1.54, 1.807) is 11.1 Å². The van der Waals surface area contributed by atoms with Crippen LogP contribution in [0.3, 0.4) is 0 Å². The van der Waals surface area contributed by atoms with Crippen molar-refractivity contribution in [3.05, 3.63) is 107 Å². The van der Waals surface area contributed by atoms with Gasteiger partial charge in [0.2, 0.25) is 0 Å². The first-order valence-corrected chi connectivity index (χ1v) is 13.0. The normalized spacial score (nSPS) is 16.7. The highest BCUT2D eigenvalue weighted by Crippen LogP contribution is 2.37. The monoisotopic (exact) mass is 507 g/mol. The van der Waals surface area contributed by atoms with Gasteiger partial charge in [-0.3, -0.25) is 14.6 Å². The fourth-order valence-corrected chi connectivity index (χ4v) is 5.63. The Morgan fingerprint density at radius 3 is 2.29 bits per heavy atom. The Balaban J connectivity index is 1.17. The smallest absolute Gasteiger partial charge is 0.312 e. The highest BCUT2D eigenvalue weighted by atomic mass is 16.5. The molecule has 2 amide bonds. The minimum Gasteiger partial charge on any atom is -0.490 e. The van der Waals surface area contributed by atoms with Gasteiger partial charge in [-0.1, -0.05) is 54.6 Å². The number of carbonyl (C=O) groups excluding carboxylic acids is 2. The van der Waals surface area contributed by atoms with E-state index in [1.165, 1.54) is 16.0 Å². The fraction of sp³-hybridized carbons (Fsp3) is 0.258. The SMILES string of the molecule is O=C1C(=O)N(C2c3ccccc3CCc3ccccc32)CCN1CC(O)COc1cccc2ncccc12. The zero-order chi connectivity index (χ0) is 26.1. The number of nitrogens with zero attached hydrogens (tertiary/aromatic N) is 3. The highest BCUT2D eigenvalue weighted by molar-refractivity contribution is 6.35. The van der Waals surface area contributed by atoms with Crippen LogP contribution in [0.4, 0.5) is 0 Å². The molecule has 0 saturated carbocycles. The molecule has 0 radical (unpaired) electrons. The Bertz CT molecular complexity index is 1450. The number of β-amino-alcohol motifs (C(OH)–C–C–N with tert-alkyl or cyclic N) is 1. The third kappa shape index (κ3) is 4.50. The third-order valence-electron chi connectivity index (χ3n) is 7.48. The molecule has 0 bridgehead atoms. The summed E-state index contributed by atoms with van der Waals surface area (Å²) in [5.41, 5.74) is 5.35. The molecule has 1 atom stereocenters. The number of rotatable bonds is 6. The number of fused-ring (bicyclic) bond motifs is 3. The maximum absolute atomic E-state index is 13.5. The van der Waals surface area contributed by atoms with Gasteiger partial charge in [0.15, 0.2) is 0 Å². The van der Waals surface area contributed by atoms with E-state index < -0.39 is 17.9 Å². The summed E-state index contributed by atoms with van der Waals surface area (Å²) in [7, 11) is 0. The van der Waals surface area contributed by atoms with Gasteiger partial charge in [0.05, 0.1) is 18.1 Å². The lowest BCUT2D eigenvalue weighted by atomic mass is 9.92. The van der Waals surface area contributed by atoms with Crippen molar-refractivity contribution in [2.75, 3.05) is 26.2 Å². The van der Waals surface area contributed by atoms with Crippen molar-refractivity contribution in [2.45, 2.75) is 25.0 Å². The minimum absolute atomic E-state index is 0.000925. The summed E-state index contributed by atoms with van der Waals surface area (Å²) in [5.74, 6) is -0.516. The number of pyridine rings is 1. The Hall–Kier alpha value is -4.23. The van der Waals surface area contributed by atoms with Crippen molar-refractivity contribution in [3.63, 3.8) is 0 Å². The molecular formula is C31H29N3O4. The second-order valence-corrected chi connectivity index (χ2v) is 9.84. The average Bonchev–Trinajstić information content (AvgIpc) is 3.12. The second-order valence-electron chi connectivity index (χ2n) is 9.84. The van der Waals surface area contributed by atoms with Gasteiger partial charge in [-0.15, -0.1) is 0 Å². The number of piperazine rings is 1. The summed E-state index contributed by atoms with van der Waals surface area (Å²) in [5, 5.41) is 11.5. The van der Waals surface area contributed by atoms with Crippen LogP contribution in [0.5, 0.6) is 5.75 Å². The summed E-state index contributed by atoms with van der Waals surface area (Å²) in [6.07, 6.45) is 2.56. The molecule has 7 nitrogen and oxygen atoms in total.